The molecule has 0 aromatic carbocycles. The van der Waals surface area contributed by atoms with Crippen LogP contribution >= 0.6 is 0 Å². The number of aromatic nitrogens is 3. The van der Waals surface area contributed by atoms with Crippen LogP contribution in [0, 0.1) is 0 Å². The first-order valence-corrected chi connectivity index (χ1v) is 8.03. The van der Waals surface area contributed by atoms with Crippen LogP contribution in [0.5, 0.6) is 0 Å². The molecule has 0 bridgehead atoms. The molecule has 0 spiro atoms. The summed E-state index contributed by atoms with van der Waals surface area (Å²) in [7, 11) is 0. The second kappa shape index (κ2) is 8.02. The summed E-state index contributed by atoms with van der Waals surface area (Å²) in [6.45, 7) is 8.25. The van der Waals surface area contributed by atoms with Gasteiger partial charge in [-0.25, -0.2) is 0 Å². The van der Waals surface area contributed by atoms with Crippen LogP contribution in [0.2, 0.25) is 0 Å². The summed E-state index contributed by atoms with van der Waals surface area (Å²) in [5.41, 5.74) is 0. The number of morpholine rings is 1. The Labute approximate surface area is 135 Å². The van der Waals surface area contributed by atoms with Gasteiger partial charge in [-0.05, 0) is 0 Å². The fourth-order valence-electron chi connectivity index (χ4n) is 2.73. The van der Waals surface area contributed by atoms with Gasteiger partial charge in [0.25, 0.3) is 0 Å². The molecule has 2 aliphatic rings. The SMILES string of the molecule is O=CN1CCN(c2cnnc(NCCN3CCOCC3)n2)CC1. The van der Waals surface area contributed by atoms with E-state index in [-0.39, 0.29) is 0 Å². The predicted molar refractivity (Wildman–Crippen MR) is 85.4 cm³/mol. The van der Waals surface area contributed by atoms with Gasteiger partial charge in [0.15, 0.2) is 5.82 Å². The van der Waals surface area contributed by atoms with Crippen LogP contribution < -0.4 is 10.2 Å². The molecule has 126 valence electrons. The Balaban J connectivity index is 1.48. The van der Waals surface area contributed by atoms with E-state index in [4.69, 9.17) is 4.74 Å². The van der Waals surface area contributed by atoms with E-state index >= 15 is 0 Å². The van der Waals surface area contributed by atoms with E-state index < -0.39 is 0 Å². The lowest BCUT2D eigenvalue weighted by Gasteiger charge is -2.33. The predicted octanol–water partition coefficient (Wildman–Crippen LogP) is -1.11. The standard InChI is InChI=1S/C14H23N7O2/c22-12-20-3-5-21(6-4-20)13-11-16-18-14(17-13)15-1-2-19-7-9-23-10-8-19/h11-12H,1-10H2,(H,15,17,18). The number of carbonyl (C=O) groups is 1. The molecule has 1 aromatic heterocycles. The third-order valence-electron chi connectivity index (χ3n) is 4.15. The first-order chi connectivity index (χ1) is 11.3. The summed E-state index contributed by atoms with van der Waals surface area (Å²) in [5, 5.41) is 11.3. The van der Waals surface area contributed by atoms with E-state index in [1.165, 1.54) is 0 Å². The van der Waals surface area contributed by atoms with Gasteiger partial charge in [0.1, 0.15) is 0 Å². The van der Waals surface area contributed by atoms with Gasteiger partial charge in [0, 0.05) is 52.4 Å². The number of carbonyl (C=O) groups excluding carboxylic acids is 1. The minimum Gasteiger partial charge on any atom is -0.379 e. The number of rotatable bonds is 6. The zero-order chi connectivity index (χ0) is 15.9. The highest BCUT2D eigenvalue weighted by Gasteiger charge is 2.17. The third-order valence-corrected chi connectivity index (χ3v) is 4.15. The van der Waals surface area contributed by atoms with Crippen molar-refractivity contribution in [3.8, 4) is 0 Å². The van der Waals surface area contributed by atoms with E-state index in [1.807, 2.05) is 0 Å². The molecular weight excluding hydrogens is 298 g/mol. The molecular formula is C14H23N7O2. The molecule has 23 heavy (non-hydrogen) atoms. The monoisotopic (exact) mass is 321 g/mol. The summed E-state index contributed by atoms with van der Waals surface area (Å²) < 4.78 is 5.34. The number of nitrogens with zero attached hydrogens (tertiary/aromatic N) is 6. The quantitative estimate of drug-likeness (QED) is 0.661. The van der Waals surface area contributed by atoms with Crippen LogP contribution in [-0.2, 0) is 9.53 Å². The van der Waals surface area contributed by atoms with Crippen molar-refractivity contribution in [1.82, 2.24) is 25.0 Å². The van der Waals surface area contributed by atoms with Crippen LogP contribution in [-0.4, -0.2) is 97.0 Å². The van der Waals surface area contributed by atoms with E-state index in [2.05, 4.69) is 30.3 Å². The Hall–Kier alpha value is -2.00. The van der Waals surface area contributed by atoms with Crippen LogP contribution in [0.3, 0.4) is 0 Å². The minimum atomic E-state index is 0.550. The fraction of sp³-hybridized carbons (Fsp3) is 0.714. The molecule has 9 nitrogen and oxygen atoms in total. The minimum absolute atomic E-state index is 0.550. The summed E-state index contributed by atoms with van der Waals surface area (Å²) >= 11 is 0. The van der Waals surface area contributed by atoms with Crippen molar-refractivity contribution in [3.05, 3.63) is 6.20 Å². The molecule has 0 unspecified atom stereocenters. The smallest absolute Gasteiger partial charge is 0.244 e. The second-order valence-electron chi connectivity index (χ2n) is 5.65. The lowest BCUT2D eigenvalue weighted by atomic mass is 10.3. The van der Waals surface area contributed by atoms with Gasteiger partial charge in [0.2, 0.25) is 12.4 Å². The molecule has 3 heterocycles. The average molecular weight is 321 g/mol. The van der Waals surface area contributed by atoms with Gasteiger partial charge < -0.3 is 19.9 Å². The van der Waals surface area contributed by atoms with Crippen LogP contribution in [0.4, 0.5) is 11.8 Å². The maximum Gasteiger partial charge on any atom is 0.244 e. The second-order valence-corrected chi connectivity index (χ2v) is 5.65. The van der Waals surface area contributed by atoms with E-state index in [0.717, 1.165) is 64.7 Å². The van der Waals surface area contributed by atoms with Crippen LogP contribution in [0.25, 0.3) is 0 Å². The highest BCUT2D eigenvalue weighted by atomic mass is 16.5. The van der Waals surface area contributed by atoms with E-state index in [9.17, 15) is 4.79 Å². The number of piperazine rings is 1. The molecule has 1 N–H and O–H groups in total. The summed E-state index contributed by atoms with van der Waals surface area (Å²) in [4.78, 5) is 21.5. The molecule has 1 aromatic rings. The summed E-state index contributed by atoms with van der Waals surface area (Å²) in [6, 6.07) is 0. The number of hydrogen-bond acceptors (Lipinski definition) is 8. The van der Waals surface area contributed by atoms with Crippen molar-refractivity contribution in [2.24, 2.45) is 0 Å². The van der Waals surface area contributed by atoms with Gasteiger partial charge in [0.05, 0.1) is 19.4 Å². The molecule has 0 saturated carbocycles. The molecule has 3 rings (SSSR count). The molecule has 0 aliphatic carbocycles. The van der Waals surface area contributed by atoms with Gasteiger partial charge in [-0.2, -0.15) is 10.1 Å². The first-order valence-electron chi connectivity index (χ1n) is 8.03. The molecule has 1 amide bonds. The van der Waals surface area contributed by atoms with Crippen molar-refractivity contribution < 1.29 is 9.53 Å². The zero-order valence-electron chi connectivity index (χ0n) is 13.2. The Morgan fingerprint density at radius 1 is 1.17 bits per heavy atom. The Morgan fingerprint density at radius 3 is 2.70 bits per heavy atom. The Kier molecular flexibility index (Phi) is 5.54. The van der Waals surface area contributed by atoms with E-state index in [0.29, 0.717) is 19.0 Å². The van der Waals surface area contributed by atoms with Crippen molar-refractivity contribution in [3.63, 3.8) is 0 Å². The lowest BCUT2D eigenvalue weighted by molar-refractivity contribution is -0.118. The lowest BCUT2D eigenvalue weighted by Crippen LogP contribution is -2.46. The zero-order valence-corrected chi connectivity index (χ0v) is 13.2. The fourth-order valence-corrected chi connectivity index (χ4v) is 2.73. The van der Waals surface area contributed by atoms with Crippen molar-refractivity contribution in [2.45, 2.75) is 0 Å². The number of anilines is 2. The Bertz CT molecular complexity index is 502. The van der Waals surface area contributed by atoms with Crippen LogP contribution in [0.1, 0.15) is 0 Å². The first kappa shape index (κ1) is 15.9. The number of hydrogen-bond donors (Lipinski definition) is 1. The average Bonchev–Trinajstić information content (AvgIpc) is 2.63. The molecule has 0 radical (unpaired) electrons. The highest BCUT2D eigenvalue weighted by molar-refractivity contribution is 5.49. The van der Waals surface area contributed by atoms with Gasteiger partial charge in [-0.1, -0.05) is 0 Å². The number of ether oxygens (including phenoxy) is 1. The van der Waals surface area contributed by atoms with Crippen molar-refractivity contribution in [2.75, 3.05) is 75.8 Å². The van der Waals surface area contributed by atoms with Gasteiger partial charge in [-0.15, -0.1) is 5.10 Å². The topological polar surface area (TPSA) is 86.7 Å². The highest BCUT2D eigenvalue weighted by Crippen LogP contribution is 2.12. The summed E-state index contributed by atoms with van der Waals surface area (Å²) in [5.74, 6) is 1.35. The molecule has 2 saturated heterocycles. The number of amides is 1. The molecule has 2 fully saturated rings. The van der Waals surface area contributed by atoms with Gasteiger partial charge in [-0.3, -0.25) is 9.69 Å². The van der Waals surface area contributed by atoms with Crippen LogP contribution in [0.15, 0.2) is 6.20 Å². The molecule has 9 heteroatoms. The normalized spacial score (nSPS) is 19.7. The number of nitrogens with one attached hydrogen (secondary N) is 1. The van der Waals surface area contributed by atoms with Crippen molar-refractivity contribution >= 4 is 18.2 Å². The maximum absolute atomic E-state index is 10.8. The van der Waals surface area contributed by atoms with Gasteiger partial charge >= 0.3 is 0 Å². The van der Waals surface area contributed by atoms with E-state index in [1.54, 1.807) is 11.1 Å². The van der Waals surface area contributed by atoms with Crippen molar-refractivity contribution in [1.29, 1.82) is 0 Å². The third kappa shape index (κ3) is 4.49. The molecule has 2 aliphatic heterocycles. The molecule has 0 atom stereocenters. The summed E-state index contributed by atoms with van der Waals surface area (Å²) in [6.07, 6.45) is 2.57. The maximum atomic E-state index is 10.8. The largest absolute Gasteiger partial charge is 0.379 e. The Morgan fingerprint density at radius 2 is 1.96 bits per heavy atom.